The Bertz CT molecular complexity index is 194. The van der Waals surface area contributed by atoms with Crippen molar-refractivity contribution in [3.63, 3.8) is 0 Å². The molecule has 108 valence electrons. The zero-order chi connectivity index (χ0) is 13.4. The molecule has 0 heterocycles. The Hall–Kier alpha value is -0.0400. The van der Waals surface area contributed by atoms with E-state index in [-0.39, 0.29) is 0 Å². The van der Waals surface area contributed by atoms with Gasteiger partial charge in [-0.05, 0) is 43.4 Å². The van der Waals surface area contributed by atoms with Crippen LogP contribution in [0.3, 0.4) is 0 Å². The van der Waals surface area contributed by atoms with Crippen molar-refractivity contribution in [2.24, 2.45) is 23.5 Å². The van der Waals surface area contributed by atoms with Gasteiger partial charge in [-0.1, -0.05) is 59.3 Å². The SMILES string of the molecule is CC(C)CCCC(C)CCC(N)C1CCCCC1. The lowest BCUT2D eigenvalue weighted by Crippen LogP contribution is -2.31. The normalized spacial score (nSPS) is 21.2. The molecule has 1 fully saturated rings. The van der Waals surface area contributed by atoms with Crippen LogP contribution in [0.2, 0.25) is 0 Å². The quantitative estimate of drug-likeness (QED) is 0.637. The highest BCUT2D eigenvalue weighted by molar-refractivity contribution is 4.77. The summed E-state index contributed by atoms with van der Waals surface area (Å²) in [6.07, 6.45) is 13.8. The standard InChI is InChI=1S/C17H35N/c1-14(2)8-7-9-15(3)12-13-17(18)16-10-5-4-6-11-16/h14-17H,4-13,18H2,1-3H3. The van der Waals surface area contributed by atoms with Gasteiger partial charge in [0.05, 0.1) is 0 Å². The van der Waals surface area contributed by atoms with Crippen LogP contribution in [-0.4, -0.2) is 6.04 Å². The Morgan fingerprint density at radius 2 is 1.56 bits per heavy atom. The van der Waals surface area contributed by atoms with Crippen LogP contribution in [0.1, 0.15) is 85.0 Å². The molecule has 0 aromatic carbocycles. The second-order valence-electron chi connectivity index (χ2n) is 7.07. The molecule has 1 aliphatic rings. The third-order valence-electron chi connectivity index (χ3n) is 4.73. The van der Waals surface area contributed by atoms with E-state index in [1.807, 2.05) is 0 Å². The van der Waals surface area contributed by atoms with Crippen LogP contribution < -0.4 is 5.73 Å². The summed E-state index contributed by atoms with van der Waals surface area (Å²) in [6.45, 7) is 7.06. The minimum absolute atomic E-state index is 0.484. The van der Waals surface area contributed by atoms with E-state index in [1.165, 1.54) is 64.2 Å². The molecule has 0 aliphatic heterocycles. The van der Waals surface area contributed by atoms with E-state index in [2.05, 4.69) is 20.8 Å². The predicted molar refractivity (Wildman–Crippen MR) is 81.6 cm³/mol. The van der Waals surface area contributed by atoms with Crippen molar-refractivity contribution in [2.75, 3.05) is 0 Å². The van der Waals surface area contributed by atoms with Gasteiger partial charge in [-0.15, -0.1) is 0 Å². The van der Waals surface area contributed by atoms with E-state index in [1.54, 1.807) is 0 Å². The monoisotopic (exact) mass is 253 g/mol. The molecule has 0 radical (unpaired) electrons. The number of rotatable bonds is 8. The van der Waals surface area contributed by atoms with Gasteiger partial charge in [-0.3, -0.25) is 0 Å². The van der Waals surface area contributed by atoms with Crippen molar-refractivity contribution in [3.05, 3.63) is 0 Å². The van der Waals surface area contributed by atoms with Crippen LogP contribution in [0.25, 0.3) is 0 Å². The van der Waals surface area contributed by atoms with Crippen molar-refractivity contribution in [3.8, 4) is 0 Å². The minimum Gasteiger partial charge on any atom is -0.327 e. The number of hydrogen-bond donors (Lipinski definition) is 1. The van der Waals surface area contributed by atoms with Gasteiger partial charge in [-0.2, -0.15) is 0 Å². The summed E-state index contributed by atoms with van der Waals surface area (Å²) in [5.74, 6) is 2.57. The van der Waals surface area contributed by atoms with E-state index in [0.29, 0.717) is 6.04 Å². The zero-order valence-electron chi connectivity index (χ0n) is 13.0. The van der Waals surface area contributed by atoms with Gasteiger partial charge in [0, 0.05) is 6.04 Å². The summed E-state index contributed by atoms with van der Waals surface area (Å²) in [5, 5.41) is 0. The first-order valence-electron chi connectivity index (χ1n) is 8.35. The van der Waals surface area contributed by atoms with Crippen LogP contribution in [-0.2, 0) is 0 Å². The first kappa shape index (κ1) is 16.0. The van der Waals surface area contributed by atoms with E-state index in [4.69, 9.17) is 5.73 Å². The Morgan fingerprint density at radius 3 is 2.17 bits per heavy atom. The zero-order valence-corrected chi connectivity index (χ0v) is 13.0. The van der Waals surface area contributed by atoms with E-state index in [9.17, 15) is 0 Å². The highest BCUT2D eigenvalue weighted by Crippen LogP contribution is 2.28. The molecular formula is C17H35N. The molecule has 2 N–H and O–H groups in total. The fourth-order valence-electron chi connectivity index (χ4n) is 3.29. The molecule has 1 heteroatoms. The molecule has 18 heavy (non-hydrogen) atoms. The van der Waals surface area contributed by atoms with Crippen molar-refractivity contribution in [1.29, 1.82) is 0 Å². The largest absolute Gasteiger partial charge is 0.327 e. The topological polar surface area (TPSA) is 26.0 Å². The summed E-state index contributed by atoms with van der Waals surface area (Å²) in [4.78, 5) is 0. The van der Waals surface area contributed by atoms with Crippen molar-refractivity contribution in [2.45, 2.75) is 91.0 Å². The molecule has 0 aromatic rings. The molecule has 1 aliphatic carbocycles. The van der Waals surface area contributed by atoms with Crippen LogP contribution >= 0.6 is 0 Å². The molecule has 0 amide bonds. The molecule has 0 saturated heterocycles. The lowest BCUT2D eigenvalue weighted by Gasteiger charge is -2.28. The summed E-state index contributed by atoms with van der Waals surface area (Å²) in [6, 6.07) is 0.484. The average Bonchev–Trinajstić information content (AvgIpc) is 2.36. The highest BCUT2D eigenvalue weighted by Gasteiger charge is 2.20. The lowest BCUT2D eigenvalue weighted by atomic mass is 9.81. The van der Waals surface area contributed by atoms with Gasteiger partial charge in [-0.25, -0.2) is 0 Å². The Labute approximate surface area is 115 Å². The molecule has 0 aromatic heterocycles. The van der Waals surface area contributed by atoms with E-state index >= 15 is 0 Å². The summed E-state index contributed by atoms with van der Waals surface area (Å²) >= 11 is 0. The molecule has 0 spiro atoms. The van der Waals surface area contributed by atoms with E-state index < -0.39 is 0 Å². The first-order valence-corrected chi connectivity index (χ1v) is 8.35. The maximum atomic E-state index is 6.37. The Morgan fingerprint density at radius 1 is 0.889 bits per heavy atom. The van der Waals surface area contributed by atoms with Crippen LogP contribution in [0, 0.1) is 17.8 Å². The second-order valence-corrected chi connectivity index (χ2v) is 7.07. The third-order valence-corrected chi connectivity index (χ3v) is 4.73. The van der Waals surface area contributed by atoms with Gasteiger partial charge in [0.15, 0.2) is 0 Å². The van der Waals surface area contributed by atoms with Crippen LogP contribution in [0.4, 0.5) is 0 Å². The number of hydrogen-bond acceptors (Lipinski definition) is 1. The second kappa shape index (κ2) is 8.96. The fraction of sp³-hybridized carbons (Fsp3) is 1.00. The fourth-order valence-corrected chi connectivity index (χ4v) is 3.29. The smallest absolute Gasteiger partial charge is 0.00672 e. The van der Waals surface area contributed by atoms with Gasteiger partial charge in [0.1, 0.15) is 0 Å². The molecule has 1 nitrogen and oxygen atoms in total. The predicted octanol–water partition coefficient (Wildman–Crippen LogP) is 5.14. The molecule has 2 unspecified atom stereocenters. The Kier molecular flexibility index (Phi) is 7.97. The lowest BCUT2D eigenvalue weighted by molar-refractivity contribution is 0.279. The third kappa shape index (κ3) is 6.78. The summed E-state index contributed by atoms with van der Waals surface area (Å²) in [7, 11) is 0. The maximum absolute atomic E-state index is 6.37. The van der Waals surface area contributed by atoms with Crippen molar-refractivity contribution in [1.82, 2.24) is 0 Å². The average molecular weight is 253 g/mol. The molecule has 0 bridgehead atoms. The molecule has 1 saturated carbocycles. The van der Waals surface area contributed by atoms with Gasteiger partial charge in [0.2, 0.25) is 0 Å². The first-order chi connectivity index (χ1) is 8.59. The minimum atomic E-state index is 0.484. The summed E-state index contributed by atoms with van der Waals surface area (Å²) < 4.78 is 0. The van der Waals surface area contributed by atoms with Crippen molar-refractivity contribution < 1.29 is 0 Å². The van der Waals surface area contributed by atoms with E-state index in [0.717, 1.165) is 17.8 Å². The van der Waals surface area contributed by atoms with Gasteiger partial charge >= 0.3 is 0 Å². The van der Waals surface area contributed by atoms with Crippen LogP contribution in [0.15, 0.2) is 0 Å². The molecular weight excluding hydrogens is 218 g/mol. The highest BCUT2D eigenvalue weighted by atomic mass is 14.6. The van der Waals surface area contributed by atoms with Crippen molar-refractivity contribution >= 4 is 0 Å². The number of nitrogens with two attached hydrogens (primary N) is 1. The Balaban J connectivity index is 2.07. The van der Waals surface area contributed by atoms with Gasteiger partial charge in [0.25, 0.3) is 0 Å². The summed E-state index contributed by atoms with van der Waals surface area (Å²) in [5.41, 5.74) is 6.37. The van der Waals surface area contributed by atoms with Crippen LogP contribution in [0.5, 0.6) is 0 Å². The van der Waals surface area contributed by atoms with Gasteiger partial charge < -0.3 is 5.73 Å². The molecule has 2 atom stereocenters. The molecule has 1 rings (SSSR count). The maximum Gasteiger partial charge on any atom is 0.00672 e.